The standard InChI is InChI=1S/C14H20N2O2/c1-10-7-11-5-3-4-6-12(11)16(8-10)9-14(2,15)13(17)18/h3-6,10H,7-9,15H2,1-2H3,(H,17,18). The van der Waals surface area contributed by atoms with Crippen molar-refractivity contribution in [1.29, 1.82) is 0 Å². The lowest BCUT2D eigenvalue weighted by Crippen LogP contribution is -2.55. The molecule has 4 heteroatoms. The van der Waals surface area contributed by atoms with Gasteiger partial charge in [-0.3, -0.25) is 4.79 Å². The van der Waals surface area contributed by atoms with E-state index in [-0.39, 0.29) is 0 Å². The number of benzene rings is 1. The van der Waals surface area contributed by atoms with Gasteiger partial charge in [0.05, 0.1) is 0 Å². The van der Waals surface area contributed by atoms with Gasteiger partial charge in [-0.1, -0.05) is 25.1 Å². The molecule has 1 aromatic carbocycles. The fourth-order valence-corrected chi connectivity index (χ4v) is 2.52. The zero-order chi connectivity index (χ0) is 13.3. The van der Waals surface area contributed by atoms with Crippen molar-refractivity contribution >= 4 is 11.7 Å². The summed E-state index contributed by atoms with van der Waals surface area (Å²) in [6, 6.07) is 8.15. The second-order valence-electron chi connectivity index (χ2n) is 5.54. The number of carboxylic acid groups (broad SMARTS) is 1. The topological polar surface area (TPSA) is 66.6 Å². The van der Waals surface area contributed by atoms with Crippen molar-refractivity contribution < 1.29 is 9.90 Å². The largest absolute Gasteiger partial charge is 0.480 e. The molecule has 1 aromatic rings. The van der Waals surface area contributed by atoms with Gasteiger partial charge in [0.25, 0.3) is 0 Å². The molecule has 2 rings (SSSR count). The lowest BCUT2D eigenvalue weighted by molar-refractivity contribution is -0.142. The molecule has 0 radical (unpaired) electrons. The number of rotatable bonds is 3. The van der Waals surface area contributed by atoms with Crippen LogP contribution in [-0.4, -0.2) is 29.7 Å². The minimum absolute atomic E-state index is 0.337. The van der Waals surface area contributed by atoms with Crippen molar-refractivity contribution in [3.8, 4) is 0 Å². The van der Waals surface area contributed by atoms with Crippen molar-refractivity contribution in [2.45, 2.75) is 25.8 Å². The quantitative estimate of drug-likeness (QED) is 0.850. The predicted molar refractivity (Wildman–Crippen MR) is 71.8 cm³/mol. The highest BCUT2D eigenvalue weighted by Crippen LogP contribution is 2.30. The van der Waals surface area contributed by atoms with Crippen LogP contribution in [0.25, 0.3) is 0 Å². The first kappa shape index (κ1) is 12.9. The molecule has 3 N–H and O–H groups in total. The van der Waals surface area contributed by atoms with Crippen molar-refractivity contribution in [3.05, 3.63) is 29.8 Å². The maximum absolute atomic E-state index is 11.1. The van der Waals surface area contributed by atoms with E-state index in [1.165, 1.54) is 5.56 Å². The highest BCUT2D eigenvalue weighted by atomic mass is 16.4. The molecule has 4 nitrogen and oxygen atoms in total. The molecule has 0 bridgehead atoms. The average molecular weight is 248 g/mol. The van der Waals surface area contributed by atoms with Crippen LogP contribution in [0.5, 0.6) is 0 Å². The second-order valence-corrected chi connectivity index (χ2v) is 5.54. The van der Waals surface area contributed by atoms with Gasteiger partial charge in [-0.15, -0.1) is 0 Å². The van der Waals surface area contributed by atoms with E-state index in [9.17, 15) is 4.79 Å². The van der Waals surface area contributed by atoms with Crippen LogP contribution in [0, 0.1) is 5.92 Å². The Bertz CT molecular complexity index is 457. The molecule has 1 aliphatic heterocycles. The number of carbonyl (C=O) groups is 1. The number of para-hydroxylation sites is 1. The molecule has 2 unspecified atom stereocenters. The first-order valence-corrected chi connectivity index (χ1v) is 6.25. The highest BCUT2D eigenvalue weighted by Gasteiger charge is 2.33. The van der Waals surface area contributed by atoms with E-state index in [4.69, 9.17) is 10.8 Å². The number of nitrogens with two attached hydrogens (primary N) is 1. The molecule has 0 saturated heterocycles. The monoisotopic (exact) mass is 248 g/mol. The third-order valence-electron chi connectivity index (χ3n) is 3.44. The van der Waals surface area contributed by atoms with Crippen LogP contribution in [0.3, 0.4) is 0 Å². The minimum Gasteiger partial charge on any atom is -0.480 e. The lowest BCUT2D eigenvalue weighted by Gasteiger charge is -2.38. The maximum Gasteiger partial charge on any atom is 0.325 e. The summed E-state index contributed by atoms with van der Waals surface area (Å²) in [6.45, 7) is 4.94. The summed E-state index contributed by atoms with van der Waals surface area (Å²) in [5, 5.41) is 9.13. The Morgan fingerprint density at radius 3 is 2.89 bits per heavy atom. The van der Waals surface area contributed by atoms with E-state index in [1.807, 2.05) is 18.2 Å². The smallest absolute Gasteiger partial charge is 0.325 e. The van der Waals surface area contributed by atoms with Gasteiger partial charge in [0, 0.05) is 18.8 Å². The van der Waals surface area contributed by atoms with Gasteiger partial charge in [-0.2, -0.15) is 0 Å². The summed E-state index contributed by atoms with van der Waals surface area (Å²) in [5.41, 5.74) is 7.03. The summed E-state index contributed by atoms with van der Waals surface area (Å²) in [5.74, 6) is -0.442. The van der Waals surface area contributed by atoms with Gasteiger partial charge in [0.15, 0.2) is 0 Å². The van der Waals surface area contributed by atoms with Crippen LogP contribution in [0.2, 0.25) is 0 Å². The van der Waals surface area contributed by atoms with Crippen LogP contribution in [0.4, 0.5) is 5.69 Å². The SMILES string of the molecule is CC1Cc2ccccc2N(CC(C)(N)C(=O)O)C1. The Morgan fingerprint density at radius 1 is 1.56 bits per heavy atom. The van der Waals surface area contributed by atoms with E-state index in [1.54, 1.807) is 6.92 Å². The zero-order valence-corrected chi connectivity index (χ0v) is 10.9. The fourth-order valence-electron chi connectivity index (χ4n) is 2.52. The number of carboxylic acids is 1. The fraction of sp³-hybridized carbons (Fsp3) is 0.500. The molecular formula is C14H20N2O2. The number of fused-ring (bicyclic) bond motifs is 1. The Morgan fingerprint density at radius 2 is 2.22 bits per heavy atom. The van der Waals surface area contributed by atoms with Crippen LogP contribution < -0.4 is 10.6 Å². The van der Waals surface area contributed by atoms with Crippen LogP contribution >= 0.6 is 0 Å². The molecule has 0 aliphatic carbocycles. The summed E-state index contributed by atoms with van der Waals surface area (Å²) in [7, 11) is 0. The third-order valence-corrected chi connectivity index (χ3v) is 3.44. The van der Waals surface area contributed by atoms with E-state index in [0.29, 0.717) is 12.5 Å². The Balaban J connectivity index is 2.27. The van der Waals surface area contributed by atoms with E-state index >= 15 is 0 Å². The van der Waals surface area contributed by atoms with Crippen LogP contribution in [0.15, 0.2) is 24.3 Å². The van der Waals surface area contributed by atoms with Gasteiger partial charge in [-0.25, -0.2) is 0 Å². The molecule has 98 valence electrons. The summed E-state index contributed by atoms with van der Waals surface area (Å²) in [6.07, 6.45) is 1.04. The number of aliphatic carboxylic acids is 1. The molecule has 18 heavy (non-hydrogen) atoms. The molecule has 1 aliphatic rings. The number of anilines is 1. The van der Waals surface area contributed by atoms with E-state index in [0.717, 1.165) is 18.7 Å². The normalized spacial score (nSPS) is 22.2. The summed E-state index contributed by atoms with van der Waals surface area (Å²) < 4.78 is 0. The Hall–Kier alpha value is -1.55. The zero-order valence-electron chi connectivity index (χ0n) is 10.9. The Labute approximate surface area is 107 Å². The van der Waals surface area contributed by atoms with Crippen molar-refractivity contribution in [2.75, 3.05) is 18.0 Å². The molecule has 0 aromatic heterocycles. The van der Waals surface area contributed by atoms with Crippen LogP contribution in [-0.2, 0) is 11.2 Å². The van der Waals surface area contributed by atoms with Gasteiger partial charge < -0.3 is 15.7 Å². The van der Waals surface area contributed by atoms with Gasteiger partial charge in [0.2, 0.25) is 0 Å². The number of hydrogen-bond acceptors (Lipinski definition) is 3. The molecule has 2 atom stereocenters. The summed E-state index contributed by atoms with van der Waals surface area (Å²) in [4.78, 5) is 13.2. The molecular weight excluding hydrogens is 228 g/mol. The lowest BCUT2D eigenvalue weighted by atomic mass is 9.92. The van der Waals surface area contributed by atoms with Crippen molar-refractivity contribution in [3.63, 3.8) is 0 Å². The molecule has 0 spiro atoms. The number of hydrogen-bond donors (Lipinski definition) is 2. The molecule has 0 saturated carbocycles. The predicted octanol–water partition coefficient (Wildman–Crippen LogP) is 1.49. The molecule has 0 amide bonds. The maximum atomic E-state index is 11.1. The highest BCUT2D eigenvalue weighted by molar-refractivity contribution is 5.79. The van der Waals surface area contributed by atoms with E-state index < -0.39 is 11.5 Å². The summed E-state index contributed by atoms with van der Waals surface area (Å²) >= 11 is 0. The Kier molecular flexibility index (Phi) is 3.30. The number of nitrogens with zero attached hydrogens (tertiary/aromatic N) is 1. The second kappa shape index (κ2) is 4.61. The van der Waals surface area contributed by atoms with Gasteiger partial charge in [0.1, 0.15) is 5.54 Å². The van der Waals surface area contributed by atoms with Gasteiger partial charge >= 0.3 is 5.97 Å². The van der Waals surface area contributed by atoms with Crippen molar-refractivity contribution in [1.82, 2.24) is 0 Å². The molecule has 0 fully saturated rings. The minimum atomic E-state index is -1.22. The van der Waals surface area contributed by atoms with Gasteiger partial charge in [-0.05, 0) is 30.9 Å². The average Bonchev–Trinajstić information content (AvgIpc) is 2.28. The van der Waals surface area contributed by atoms with Crippen molar-refractivity contribution in [2.24, 2.45) is 11.7 Å². The molecule has 1 heterocycles. The van der Waals surface area contributed by atoms with E-state index in [2.05, 4.69) is 17.9 Å². The first-order chi connectivity index (χ1) is 8.40. The first-order valence-electron chi connectivity index (χ1n) is 6.25. The van der Waals surface area contributed by atoms with Crippen LogP contribution in [0.1, 0.15) is 19.4 Å². The third kappa shape index (κ3) is 2.48.